The van der Waals surface area contributed by atoms with Crippen molar-refractivity contribution < 1.29 is 0 Å². The Hall–Kier alpha value is -0.850. The summed E-state index contributed by atoms with van der Waals surface area (Å²) in [6, 6.07) is 4.35. The molecule has 0 radical (unpaired) electrons. The zero-order chi connectivity index (χ0) is 8.55. The summed E-state index contributed by atoms with van der Waals surface area (Å²) in [5.41, 5.74) is 3.96. The molecule has 0 amide bonds. The maximum atomic E-state index is 4.65. The molecular weight excluding hydrogens is 146 g/mol. The molecule has 0 spiro atoms. The molecule has 1 aromatic rings. The lowest BCUT2D eigenvalue weighted by atomic mass is 10.1. The van der Waals surface area contributed by atoms with Gasteiger partial charge in [-0.2, -0.15) is 0 Å². The summed E-state index contributed by atoms with van der Waals surface area (Å²) in [6.07, 6.45) is 3.75. The second-order valence-corrected chi connectivity index (χ2v) is 3.63. The number of hydrogen-bond donors (Lipinski definition) is 0. The van der Waals surface area contributed by atoms with E-state index in [2.05, 4.69) is 31.0 Å². The molecule has 0 saturated heterocycles. The first-order valence-electron chi connectivity index (χ1n) is 4.77. The van der Waals surface area contributed by atoms with Crippen LogP contribution in [0.5, 0.6) is 0 Å². The summed E-state index contributed by atoms with van der Waals surface area (Å²) in [4.78, 5) is 4.65. The fraction of sp³-hybridized carbons (Fsp3) is 0.545. The number of aromatic nitrogens is 1. The molecular formula is C11H15N. The summed E-state index contributed by atoms with van der Waals surface area (Å²) in [7, 11) is 0. The van der Waals surface area contributed by atoms with Gasteiger partial charge in [0.1, 0.15) is 0 Å². The van der Waals surface area contributed by atoms with Crippen LogP contribution in [0.3, 0.4) is 0 Å². The van der Waals surface area contributed by atoms with Crippen molar-refractivity contribution in [2.24, 2.45) is 0 Å². The first kappa shape index (κ1) is 7.78. The predicted molar refractivity (Wildman–Crippen MR) is 50.3 cm³/mol. The molecule has 1 heteroatoms. The smallest absolute Gasteiger partial charge is 0.0466 e. The van der Waals surface area contributed by atoms with Gasteiger partial charge in [-0.25, -0.2) is 0 Å². The van der Waals surface area contributed by atoms with Gasteiger partial charge in [0.05, 0.1) is 0 Å². The molecule has 1 saturated carbocycles. The molecule has 2 rings (SSSR count). The van der Waals surface area contributed by atoms with Crippen LogP contribution in [0, 0.1) is 6.92 Å². The van der Waals surface area contributed by atoms with Crippen LogP contribution in [-0.4, -0.2) is 4.98 Å². The van der Waals surface area contributed by atoms with E-state index in [0.717, 1.165) is 12.3 Å². The number of pyridine rings is 1. The van der Waals surface area contributed by atoms with Gasteiger partial charge in [0.15, 0.2) is 0 Å². The molecule has 0 aliphatic heterocycles. The number of hydrogen-bond acceptors (Lipinski definition) is 1. The van der Waals surface area contributed by atoms with Crippen molar-refractivity contribution in [1.29, 1.82) is 0 Å². The topological polar surface area (TPSA) is 12.9 Å². The van der Waals surface area contributed by atoms with Gasteiger partial charge in [-0.15, -0.1) is 0 Å². The SMILES string of the molecule is CCc1ccc(C)c(C2CC2)n1. The largest absolute Gasteiger partial charge is 0.257 e. The molecule has 12 heavy (non-hydrogen) atoms. The van der Waals surface area contributed by atoms with Crippen LogP contribution in [0.15, 0.2) is 12.1 Å². The molecule has 0 atom stereocenters. The van der Waals surface area contributed by atoms with E-state index in [9.17, 15) is 0 Å². The molecule has 1 aliphatic carbocycles. The fourth-order valence-electron chi connectivity index (χ4n) is 1.55. The normalized spacial score (nSPS) is 16.5. The highest BCUT2D eigenvalue weighted by atomic mass is 14.7. The average molecular weight is 161 g/mol. The first-order valence-corrected chi connectivity index (χ1v) is 4.77. The van der Waals surface area contributed by atoms with Gasteiger partial charge >= 0.3 is 0 Å². The standard InChI is InChI=1S/C11H15N/c1-3-10-7-4-8(2)11(12-10)9-5-6-9/h4,7,9H,3,5-6H2,1-2H3. The van der Waals surface area contributed by atoms with Gasteiger partial charge < -0.3 is 0 Å². The monoisotopic (exact) mass is 161 g/mol. The fourth-order valence-corrected chi connectivity index (χ4v) is 1.55. The lowest BCUT2D eigenvalue weighted by Gasteiger charge is -2.04. The van der Waals surface area contributed by atoms with Crippen LogP contribution >= 0.6 is 0 Å². The third-order valence-corrected chi connectivity index (χ3v) is 2.52. The molecule has 0 bridgehead atoms. The Bertz CT molecular complexity index is 287. The van der Waals surface area contributed by atoms with Crippen LogP contribution in [0.4, 0.5) is 0 Å². The highest BCUT2D eigenvalue weighted by Gasteiger charge is 2.26. The van der Waals surface area contributed by atoms with E-state index in [1.165, 1.54) is 29.8 Å². The molecule has 0 N–H and O–H groups in total. The van der Waals surface area contributed by atoms with E-state index in [1.807, 2.05) is 0 Å². The predicted octanol–water partition coefficient (Wildman–Crippen LogP) is 2.83. The molecule has 1 heterocycles. The van der Waals surface area contributed by atoms with Crippen molar-refractivity contribution in [1.82, 2.24) is 4.98 Å². The van der Waals surface area contributed by atoms with Crippen LogP contribution < -0.4 is 0 Å². The minimum Gasteiger partial charge on any atom is -0.257 e. The molecule has 1 fully saturated rings. The minimum atomic E-state index is 0.788. The van der Waals surface area contributed by atoms with Gasteiger partial charge in [0.2, 0.25) is 0 Å². The second kappa shape index (κ2) is 2.89. The summed E-state index contributed by atoms with van der Waals surface area (Å²) in [5.74, 6) is 0.788. The molecule has 1 nitrogen and oxygen atoms in total. The zero-order valence-corrected chi connectivity index (χ0v) is 7.80. The van der Waals surface area contributed by atoms with Gasteiger partial charge in [-0.1, -0.05) is 13.0 Å². The van der Waals surface area contributed by atoms with Crippen molar-refractivity contribution in [3.8, 4) is 0 Å². The van der Waals surface area contributed by atoms with Crippen molar-refractivity contribution in [2.75, 3.05) is 0 Å². The number of aryl methyl sites for hydroxylation is 2. The first-order chi connectivity index (χ1) is 5.81. The molecule has 1 aliphatic rings. The average Bonchev–Trinajstić information content (AvgIpc) is 2.88. The lowest BCUT2D eigenvalue weighted by Crippen LogP contribution is -1.95. The summed E-state index contributed by atoms with van der Waals surface area (Å²) in [5, 5.41) is 0. The Morgan fingerprint density at radius 1 is 1.42 bits per heavy atom. The van der Waals surface area contributed by atoms with E-state index in [-0.39, 0.29) is 0 Å². The van der Waals surface area contributed by atoms with Crippen LogP contribution in [-0.2, 0) is 6.42 Å². The maximum Gasteiger partial charge on any atom is 0.0466 e. The molecule has 64 valence electrons. The summed E-state index contributed by atoms with van der Waals surface area (Å²) >= 11 is 0. The van der Waals surface area contributed by atoms with Crippen molar-refractivity contribution in [3.05, 3.63) is 29.1 Å². The molecule has 0 unspecified atom stereocenters. The van der Waals surface area contributed by atoms with Crippen molar-refractivity contribution >= 4 is 0 Å². The summed E-state index contributed by atoms with van der Waals surface area (Å²) in [6.45, 7) is 4.33. The Morgan fingerprint density at radius 2 is 2.17 bits per heavy atom. The van der Waals surface area contributed by atoms with Gasteiger partial charge in [0.25, 0.3) is 0 Å². The van der Waals surface area contributed by atoms with Gasteiger partial charge in [-0.3, -0.25) is 4.98 Å². The zero-order valence-electron chi connectivity index (χ0n) is 7.80. The van der Waals surface area contributed by atoms with E-state index in [0.29, 0.717) is 0 Å². The van der Waals surface area contributed by atoms with E-state index >= 15 is 0 Å². The van der Waals surface area contributed by atoms with Gasteiger partial charge in [-0.05, 0) is 37.8 Å². The maximum absolute atomic E-state index is 4.65. The Labute approximate surface area is 73.8 Å². The Morgan fingerprint density at radius 3 is 2.75 bits per heavy atom. The van der Waals surface area contributed by atoms with Gasteiger partial charge in [0, 0.05) is 17.3 Å². The van der Waals surface area contributed by atoms with Crippen LogP contribution in [0.2, 0.25) is 0 Å². The Balaban J connectivity index is 2.36. The van der Waals surface area contributed by atoms with E-state index in [1.54, 1.807) is 0 Å². The minimum absolute atomic E-state index is 0.788. The van der Waals surface area contributed by atoms with Crippen LogP contribution in [0.25, 0.3) is 0 Å². The van der Waals surface area contributed by atoms with Crippen molar-refractivity contribution in [2.45, 2.75) is 39.0 Å². The van der Waals surface area contributed by atoms with E-state index in [4.69, 9.17) is 0 Å². The highest BCUT2D eigenvalue weighted by Crippen LogP contribution is 2.40. The quantitative estimate of drug-likeness (QED) is 0.650. The number of nitrogens with zero attached hydrogens (tertiary/aromatic N) is 1. The second-order valence-electron chi connectivity index (χ2n) is 3.63. The number of rotatable bonds is 2. The third kappa shape index (κ3) is 1.36. The summed E-state index contributed by atoms with van der Waals surface area (Å²) < 4.78 is 0. The van der Waals surface area contributed by atoms with E-state index < -0.39 is 0 Å². The molecule has 1 aromatic heterocycles. The third-order valence-electron chi connectivity index (χ3n) is 2.52. The van der Waals surface area contributed by atoms with Crippen LogP contribution in [0.1, 0.15) is 42.6 Å². The highest BCUT2D eigenvalue weighted by molar-refractivity contribution is 5.27. The Kier molecular flexibility index (Phi) is 1.87. The lowest BCUT2D eigenvalue weighted by molar-refractivity contribution is 0.929. The van der Waals surface area contributed by atoms with Crippen molar-refractivity contribution in [3.63, 3.8) is 0 Å². The molecule has 0 aromatic carbocycles.